The van der Waals surface area contributed by atoms with Crippen LogP contribution < -0.4 is 14.8 Å². The van der Waals surface area contributed by atoms with Crippen LogP contribution in [0.1, 0.15) is 22.8 Å². The predicted octanol–water partition coefficient (Wildman–Crippen LogP) is 5.35. The maximum atomic E-state index is 12.9. The Morgan fingerprint density at radius 3 is 2.41 bits per heavy atom. The Labute approximate surface area is 186 Å². The SMILES string of the molecule is CCOc1ccc(-c2cnc(-c3ccccc3C(=O)NCc3ccc(OC)cc3)o2)cc1. The average Bonchev–Trinajstić information content (AvgIpc) is 3.34. The molecule has 1 aromatic heterocycles. The molecule has 32 heavy (non-hydrogen) atoms. The summed E-state index contributed by atoms with van der Waals surface area (Å²) in [5, 5.41) is 2.96. The molecule has 0 aliphatic rings. The van der Waals surface area contributed by atoms with Crippen molar-refractivity contribution in [2.24, 2.45) is 0 Å². The van der Waals surface area contributed by atoms with Crippen LogP contribution in [0.25, 0.3) is 22.8 Å². The van der Waals surface area contributed by atoms with Gasteiger partial charge in [-0.25, -0.2) is 4.98 Å². The Balaban J connectivity index is 1.51. The van der Waals surface area contributed by atoms with E-state index in [9.17, 15) is 4.79 Å². The maximum absolute atomic E-state index is 12.9. The lowest BCUT2D eigenvalue weighted by Crippen LogP contribution is -2.23. The van der Waals surface area contributed by atoms with Crippen LogP contribution in [-0.2, 0) is 6.54 Å². The van der Waals surface area contributed by atoms with Crippen LogP contribution in [-0.4, -0.2) is 24.6 Å². The molecule has 1 heterocycles. The van der Waals surface area contributed by atoms with E-state index in [4.69, 9.17) is 13.9 Å². The molecule has 0 aliphatic carbocycles. The number of aromatic nitrogens is 1. The zero-order valence-electron chi connectivity index (χ0n) is 18.0. The van der Waals surface area contributed by atoms with Crippen molar-refractivity contribution in [2.45, 2.75) is 13.5 Å². The summed E-state index contributed by atoms with van der Waals surface area (Å²) in [6.07, 6.45) is 1.66. The second-order valence-electron chi connectivity index (χ2n) is 7.06. The van der Waals surface area contributed by atoms with E-state index in [0.29, 0.717) is 35.9 Å². The first-order valence-corrected chi connectivity index (χ1v) is 10.4. The molecule has 0 aliphatic heterocycles. The van der Waals surface area contributed by atoms with E-state index < -0.39 is 0 Å². The number of benzene rings is 3. The summed E-state index contributed by atoms with van der Waals surface area (Å²) in [6.45, 7) is 2.96. The zero-order valence-corrected chi connectivity index (χ0v) is 18.0. The zero-order chi connectivity index (χ0) is 22.3. The van der Waals surface area contributed by atoms with Gasteiger partial charge in [0.15, 0.2) is 5.76 Å². The van der Waals surface area contributed by atoms with Gasteiger partial charge in [0.05, 0.1) is 25.5 Å². The van der Waals surface area contributed by atoms with Crippen molar-refractivity contribution in [1.82, 2.24) is 10.3 Å². The Kier molecular flexibility index (Phi) is 6.51. The van der Waals surface area contributed by atoms with Gasteiger partial charge in [-0.2, -0.15) is 0 Å². The molecule has 1 amide bonds. The van der Waals surface area contributed by atoms with Crippen LogP contribution in [0.5, 0.6) is 11.5 Å². The molecule has 0 bridgehead atoms. The highest BCUT2D eigenvalue weighted by Gasteiger charge is 2.17. The van der Waals surface area contributed by atoms with E-state index >= 15 is 0 Å². The molecule has 0 unspecified atom stereocenters. The van der Waals surface area contributed by atoms with Gasteiger partial charge < -0.3 is 19.2 Å². The van der Waals surface area contributed by atoms with Crippen LogP contribution in [0.4, 0.5) is 0 Å². The minimum absolute atomic E-state index is 0.197. The van der Waals surface area contributed by atoms with E-state index in [1.54, 1.807) is 19.4 Å². The predicted molar refractivity (Wildman–Crippen MR) is 123 cm³/mol. The molecule has 1 N–H and O–H groups in total. The van der Waals surface area contributed by atoms with Gasteiger partial charge in [0, 0.05) is 17.7 Å². The molecule has 0 spiro atoms. The molecule has 0 atom stereocenters. The number of amides is 1. The van der Waals surface area contributed by atoms with Gasteiger partial charge in [0.1, 0.15) is 11.5 Å². The fourth-order valence-electron chi connectivity index (χ4n) is 3.30. The highest BCUT2D eigenvalue weighted by atomic mass is 16.5. The van der Waals surface area contributed by atoms with Crippen molar-refractivity contribution >= 4 is 5.91 Å². The van der Waals surface area contributed by atoms with Crippen LogP contribution >= 0.6 is 0 Å². The standard InChI is InChI=1S/C26H24N2O4/c1-3-31-21-14-10-19(11-15-21)24-17-28-26(32-24)23-7-5-4-6-22(23)25(29)27-16-18-8-12-20(30-2)13-9-18/h4-15,17H,3,16H2,1-2H3,(H,27,29). The third-order valence-electron chi connectivity index (χ3n) is 4.97. The first kappa shape index (κ1) is 21.2. The van der Waals surface area contributed by atoms with E-state index in [0.717, 1.165) is 22.6 Å². The van der Waals surface area contributed by atoms with Gasteiger partial charge in [-0.1, -0.05) is 24.3 Å². The van der Waals surface area contributed by atoms with E-state index in [2.05, 4.69) is 10.3 Å². The molecule has 162 valence electrons. The number of methoxy groups -OCH3 is 1. The Morgan fingerprint density at radius 1 is 0.969 bits per heavy atom. The van der Waals surface area contributed by atoms with Gasteiger partial charge in [-0.3, -0.25) is 4.79 Å². The van der Waals surface area contributed by atoms with Crippen LogP contribution in [0.15, 0.2) is 83.4 Å². The summed E-state index contributed by atoms with van der Waals surface area (Å²) in [5.74, 6) is 2.39. The summed E-state index contributed by atoms with van der Waals surface area (Å²) >= 11 is 0. The van der Waals surface area contributed by atoms with Gasteiger partial charge in [-0.05, 0) is 61.0 Å². The highest BCUT2D eigenvalue weighted by molar-refractivity contribution is 6.00. The number of carbonyl (C=O) groups excluding carboxylic acids is 1. The summed E-state index contributed by atoms with van der Waals surface area (Å²) in [7, 11) is 1.62. The second kappa shape index (κ2) is 9.83. The normalized spacial score (nSPS) is 10.6. The minimum Gasteiger partial charge on any atom is -0.497 e. The molecule has 6 heteroatoms. The van der Waals surface area contributed by atoms with Crippen molar-refractivity contribution in [1.29, 1.82) is 0 Å². The molecule has 0 saturated heterocycles. The van der Waals surface area contributed by atoms with Gasteiger partial charge in [-0.15, -0.1) is 0 Å². The molecule has 3 aromatic carbocycles. The van der Waals surface area contributed by atoms with E-state index in [1.807, 2.05) is 73.7 Å². The first-order chi connectivity index (χ1) is 15.7. The topological polar surface area (TPSA) is 73.6 Å². The maximum Gasteiger partial charge on any atom is 0.252 e. The Hall–Kier alpha value is -4.06. The summed E-state index contributed by atoms with van der Waals surface area (Å²) in [4.78, 5) is 17.3. The molecule has 0 saturated carbocycles. The molecule has 4 rings (SSSR count). The summed E-state index contributed by atoms with van der Waals surface area (Å²) in [6, 6.07) is 22.5. The fourth-order valence-corrected chi connectivity index (χ4v) is 3.30. The Bertz CT molecular complexity index is 1180. The second-order valence-corrected chi connectivity index (χ2v) is 7.06. The first-order valence-electron chi connectivity index (χ1n) is 10.4. The average molecular weight is 428 g/mol. The lowest BCUT2D eigenvalue weighted by atomic mass is 10.1. The lowest BCUT2D eigenvalue weighted by Gasteiger charge is -2.09. The fraction of sp³-hybridized carbons (Fsp3) is 0.154. The number of hydrogen-bond donors (Lipinski definition) is 1. The number of nitrogens with zero attached hydrogens (tertiary/aromatic N) is 1. The van der Waals surface area contributed by atoms with Gasteiger partial charge in [0.25, 0.3) is 5.91 Å². The molecule has 4 aromatic rings. The smallest absolute Gasteiger partial charge is 0.252 e. The lowest BCUT2D eigenvalue weighted by molar-refractivity contribution is 0.0951. The quantitative estimate of drug-likeness (QED) is 0.410. The van der Waals surface area contributed by atoms with Crippen LogP contribution in [0.3, 0.4) is 0 Å². The molecule has 0 fully saturated rings. The van der Waals surface area contributed by atoms with Crippen molar-refractivity contribution in [3.05, 3.63) is 90.1 Å². The van der Waals surface area contributed by atoms with Crippen molar-refractivity contribution in [3.63, 3.8) is 0 Å². The number of ether oxygens (including phenoxy) is 2. The largest absolute Gasteiger partial charge is 0.497 e. The van der Waals surface area contributed by atoms with E-state index in [1.165, 1.54) is 0 Å². The molecule has 6 nitrogen and oxygen atoms in total. The molecule has 0 radical (unpaired) electrons. The summed E-state index contributed by atoms with van der Waals surface area (Å²) in [5.41, 5.74) is 3.00. The molecular weight excluding hydrogens is 404 g/mol. The minimum atomic E-state index is -0.197. The number of rotatable bonds is 8. The third-order valence-corrected chi connectivity index (χ3v) is 4.97. The van der Waals surface area contributed by atoms with Crippen LogP contribution in [0.2, 0.25) is 0 Å². The van der Waals surface area contributed by atoms with Crippen molar-refractivity contribution in [2.75, 3.05) is 13.7 Å². The van der Waals surface area contributed by atoms with Crippen LogP contribution in [0, 0.1) is 0 Å². The third kappa shape index (κ3) is 4.81. The Morgan fingerprint density at radius 2 is 1.69 bits per heavy atom. The van der Waals surface area contributed by atoms with Crippen molar-refractivity contribution < 1.29 is 18.7 Å². The molecular formula is C26H24N2O4. The highest BCUT2D eigenvalue weighted by Crippen LogP contribution is 2.29. The number of nitrogens with one attached hydrogen (secondary N) is 1. The number of carbonyl (C=O) groups is 1. The van der Waals surface area contributed by atoms with Gasteiger partial charge >= 0.3 is 0 Å². The van der Waals surface area contributed by atoms with E-state index in [-0.39, 0.29) is 5.91 Å². The van der Waals surface area contributed by atoms with Crippen molar-refractivity contribution in [3.8, 4) is 34.3 Å². The van der Waals surface area contributed by atoms with Gasteiger partial charge in [0.2, 0.25) is 5.89 Å². The number of oxazole rings is 1. The summed E-state index contributed by atoms with van der Waals surface area (Å²) < 4.78 is 16.6. The monoisotopic (exact) mass is 428 g/mol. The number of hydrogen-bond acceptors (Lipinski definition) is 5.